The number of ketones is 2. The maximum atomic E-state index is 12.9. The summed E-state index contributed by atoms with van der Waals surface area (Å²) in [6.07, 6.45) is 1.41. The van der Waals surface area contributed by atoms with Crippen LogP contribution in [0.3, 0.4) is 0 Å². The minimum absolute atomic E-state index is 0.0446. The lowest BCUT2D eigenvalue weighted by Gasteiger charge is -2.13. The fraction of sp³-hybridized carbons (Fsp3) is 0.357. The average molecular weight is 350 g/mol. The Morgan fingerprint density at radius 2 is 2.08 bits per heavy atom. The summed E-state index contributed by atoms with van der Waals surface area (Å²) in [7, 11) is 1.49. The van der Waals surface area contributed by atoms with E-state index in [0.29, 0.717) is 12.8 Å². The van der Waals surface area contributed by atoms with Crippen LogP contribution in [-0.2, 0) is 7.05 Å². The number of carbonyl (C=O) groups excluding carboxylic acids is 2. The molecule has 24 heavy (non-hydrogen) atoms. The van der Waals surface area contributed by atoms with Gasteiger partial charge in [-0.1, -0.05) is 11.6 Å². The van der Waals surface area contributed by atoms with Crippen LogP contribution in [0.15, 0.2) is 18.2 Å². The van der Waals surface area contributed by atoms with Crippen LogP contribution in [0.25, 0.3) is 0 Å². The van der Waals surface area contributed by atoms with Crippen LogP contribution >= 0.6 is 11.6 Å². The summed E-state index contributed by atoms with van der Waals surface area (Å²) in [5.74, 6) is -2.36. The second kappa shape index (κ2) is 6.08. The number of hydrogen-bond donors (Lipinski definition) is 0. The molecule has 1 aliphatic rings. The molecule has 1 heterocycles. The summed E-state index contributed by atoms with van der Waals surface area (Å²) < 4.78 is 1.18. The van der Waals surface area contributed by atoms with E-state index in [4.69, 9.17) is 11.6 Å². The zero-order valence-corrected chi connectivity index (χ0v) is 13.3. The highest BCUT2D eigenvalue weighted by molar-refractivity contribution is 6.31. The number of nitro groups is 1. The van der Waals surface area contributed by atoms with E-state index in [1.54, 1.807) is 0 Å². The molecule has 0 saturated heterocycles. The largest absolute Gasteiger partial charge is 0.293 e. The first-order valence-electron chi connectivity index (χ1n) is 7.15. The summed E-state index contributed by atoms with van der Waals surface area (Å²) in [4.78, 5) is 36.1. The van der Waals surface area contributed by atoms with Gasteiger partial charge in [0.15, 0.2) is 5.78 Å². The van der Waals surface area contributed by atoms with Crippen molar-refractivity contribution in [1.29, 1.82) is 0 Å². The zero-order chi connectivity index (χ0) is 17.4. The second-order valence-electron chi connectivity index (χ2n) is 5.59. The molecule has 9 nitrogen and oxygen atoms in total. The molecule has 1 saturated carbocycles. The van der Waals surface area contributed by atoms with Gasteiger partial charge in [0.2, 0.25) is 11.6 Å². The minimum Gasteiger partial charge on any atom is -0.293 e. The number of aromatic nitrogens is 4. The van der Waals surface area contributed by atoms with Gasteiger partial charge >= 0.3 is 0 Å². The van der Waals surface area contributed by atoms with Gasteiger partial charge in [0.05, 0.1) is 16.4 Å². The van der Waals surface area contributed by atoms with Gasteiger partial charge in [0.25, 0.3) is 5.69 Å². The molecule has 124 valence electrons. The number of rotatable bonds is 6. The van der Waals surface area contributed by atoms with Crippen LogP contribution in [-0.4, -0.2) is 36.7 Å². The Hall–Kier alpha value is -2.68. The van der Waals surface area contributed by atoms with Gasteiger partial charge in [-0.3, -0.25) is 19.7 Å². The second-order valence-corrected chi connectivity index (χ2v) is 6.02. The molecular formula is C14H12ClN5O4. The van der Waals surface area contributed by atoms with Crippen LogP contribution in [0.5, 0.6) is 0 Å². The van der Waals surface area contributed by atoms with Gasteiger partial charge < -0.3 is 0 Å². The molecule has 3 rings (SSSR count). The third-order valence-corrected chi connectivity index (χ3v) is 4.16. The molecule has 0 aliphatic heterocycles. The van der Waals surface area contributed by atoms with Gasteiger partial charge in [-0.05, 0) is 41.3 Å². The molecule has 1 aromatic heterocycles. The number of Topliss-reactive ketones (excluding diaryl/α,β-unsaturated/α-hetero) is 2. The Balaban J connectivity index is 2.02. The first-order valence-corrected chi connectivity index (χ1v) is 7.52. The lowest BCUT2D eigenvalue weighted by atomic mass is 9.88. The maximum Gasteiger partial charge on any atom is 0.281 e. The number of benzene rings is 1. The maximum absolute atomic E-state index is 12.9. The molecule has 0 radical (unpaired) electrons. The van der Waals surface area contributed by atoms with Crippen LogP contribution in [0.1, 0.15) is 33.8 Å². The Morgan fingerprint density at radius 3 is 2.62 bits per heavy atom. The van der Waals surface area contributed by atoms with Crippen molar-refractivity contribution in [2.45, 2.75) is 12.8 Å². The molecule has 1 atom stereocenters. The van der Waals surface area contributed by atoms with E-state index in [0.717, 1.165) is 6.07 Å². The third-order valence-electron chi connectivity index (χ3n) is 3.92. The molecule has 1 aromatic carbocycles. The lowest BCUT2D eigenvalue weighted by Crippen LogP contribution is -2.29. The predicted molar refractivity (Wildman–Crippen MR) is 81.8 cm³/mol. The fourth-order valence-electron chi connectivity index (χ4n) is 2.59. The molecule has 0 bridgehead atoms. The molecule has 2 aromatic rings. The van der Waals surface area contributed by atoms with Gasteiger partial charge in [-0.15, -0.1) is 5.10 Å². The highest BCUT2D eigenvalue weighted by atomic mass is 35.5. The van der Waals surface area contributed by atoms with Crippen LogP contribution < -0.4 is 0 Å². The van der Waals surface area contributed by atoms with Crippen molar-refractivity contribution in [3.63, 3.8) is 0 Å². The van der Waals surface area contributed by atoms with Crippen molar-refractivity contribution >= 4 is 28.9 Å². The summed E-state index contributed by atoms with van der Waals surface area (Å²) in [6, 6.07) is 3.77. The SMILES string of the molecule is Cn1nnnc1C(=O)C(C(=O)c1ccc(Cl)cc1[N+](=O)[O-])C1CC1. The summed E-state index contributed by atoms with van der Waals surface area (Å²) >= 11 is 5.77. The zero-order valence-electron chi connectivity index (χ0n) is 12.5. The number of nitro benzene ring substituents is 1. The van der Waals surface area contributed by atoms with Gasteiger partial charge in [-0.25, -0.2) is 4.68 Å². The summed E-state index contributed by atoms with van der Waals surface area (Å²) in [5, 5.41) is 22.0. The van der Waals surface area contributed by atoms with E-state index in [9.17, 15) is 19.7 Å². The molecular weight excluding hydrogens is 338 g/mol. The quantitative estimate of drug-likeness (QED) is 0.337. The van der Waals surface area contributed by atoms with Crippen LogP contribution in [0.2, 0.25) is 5.02 Å². The number of nitrogens with zero attached hydrogens (tertiary/aromatic N) is 5. The van der Waals surface area contributed by atoms with Crippen LogP contribution in [0.4, 0.5) is 5.69 Å². The lowest BCUT2D eigenvalue weighted by molar-refractivity contribution is -0.385. The highest BCUT2D eigenvalue weighted by Crippen LogP contribution is 2.41. The highest BCUT2D eigenvalue weighted by Gasteiger charge is 2.44. The molecule has 1 unspecified atom stereocenters. The van der Waals surface area contributed by atoms with Crippen molar-refractivity contribution in [1.82, 2.24) is 20.2 Å². The van der Waals surface area contributed by atoms with E-state index in [1.165, 1.54) is 23.9 Å². The summed E-state index contributed by atoms with van der Waals surface area (Å²) in [6.45, 7) is 0. The monoisotopic (exact) mass is 349 g/mol. The van der Waals surface area contributed by atoms with Crippen molar-refractivity contribution in [2.75, 3.05) is 0 Å². The normalized spacial score (nSPS) is 15.1. The average Bonchev–Trinajstić information content (AvgIpc) is 3.27. The smallest absolute Gasteiger partial charge is 0.281 e. The van der Waals surface area contributed by atoms with Crippen molar-refractivity contribution < 1.29 is 14.5 Å². The number of aryl methyl sites for hydroxylation is 1. The molecule has 1 fully saturated rings. The topological polar surface area (TPSA) is 121 Å². The molecule has 10 heteroatoms. The standard InChI is InChI=1S/C14H12ClN5O4/c1-19-14(16-17-18-19)13(22)11(7-2-3-7)12(21)9-5-4-8(15)6-10(9)20(23)24/h4-7,11H,2-3H2,1H3. The van der Waals surface area contributed by atoms with Crippen LogP contribution in [0, 0.1) is 22.0 Å². The molecule has 0 spiro atoms. The third kappa shape index (κ3) is 2.90. The minimum atomic E-state index is -1.03. The van der Waals surface area contributed by atoms with Crippen molar-refractivity contribution in [2.24, 2.45) is 18.9 Å². The van der Waals surface area contributed by atoms with Crippen molar-refractivity contribution in [3.05, 3.63) is 44.7 Å². The van der Waals surface area contributed by atoms with Gasteiger partial charge in [0.1, 0.15) is 0 Å². The number of halogens is 1. The first kappa shape index (κ1) is 16.2. The number of carbonyl (C=O) groups is 2. The predicted octanol–water partition coefficient (Wildman–Crippen LogP) is 1.86. The van der Waals surface area contributed by atoms with E-state index in [1.807, 2.05) is 0 Å². The Kier molecular flexibility index (Phi) is 4.10. The molecule has 0 amide bonds. The van der Waals surface area contributed by atoms with Crippen molar-refractivity contribution in [3.8, 4) is 0 Å². The Bertz CT molecular complexity index is 845. The van der Waals surface area contributed by atoms with E-state index < -0.39 is 28.1 Å². The number of hydrogen-bond acceptors (Lipinski definition) is 7. The van der Waals surface area contributed by atoms with E-state index in [2.05, 4.69) is 15.5 Å². The van der Waals surface area contributed by atoms with E-state index >= 15 is 0 Å². The Morgan fingerprint density at radius 1 is 1.38 bits per heavy atom. The summed E-state index contributed by atoms with van der Waals surface area (Å²) in [5.41, 5.74) is -0.549. The first-order chi connectivity index (χ1) is 11.4. The van der Waals surface area contributed by atoms with E-state index in [-0.39, 0.29) is 22.3 Å². The fourth-order valence-corrected chi connectivity index (χ4v) is 2.75. The molecule has 0 N–H and O–H groups in total. The van der Waals surface area contributed by atoms with Gasteiger partial charge in [0, 0.05) is 18.1 Å². The Labute approximate surface area is 140 Å². The van der Waals surface area contributed by atoms with Gasteiger partial charge in [-0.2, -0.15) is 0 Å². The number of tetrazole rings is 1. The molecule has 1 aliphatic carbocycles.